The van der Waals surface area contributed by atoms with E-state index in [0.717, 1.165) is 4.47 Å². The molecule has 1 aromatic heterocycles. The van der Waals surface area contributed by atoms with Gasteiger partial charge in [-0.05, 0) is 34.1 Å². The highest BCUT2D eigenvalue weighted by Gasteiger charge is 2.15. The molecule has 0 saturated carbocycles. The summed E-state index contributed by atoms with van der Waals surface area (Å²) in [5.74, 6) is -0.269. The van der Waals surface area contributed by atoms with Crippen LogP contribution < -0.4 is 11.1 Å². The number of nitrogens with two attached hydrogens (primary N) is 1. The number of hydrogen-bond acceptors (Lipinski definition) is 4. The summed E-state index contributed by atoms with van der Waals surface area (Å²) >= 11 is 6.60. The molecule has 0 spiro atoms. The van der Waals surface area contributed by atoms with Crippen molar-refractivity contribution >= 4 is 49.4 Å². The van der Waals surface area contributed by atoms with Crippen LogP contribution in [0.3, 0.4) is 0 Å². The number of anilines is 1. The van der Waals surface area contributed by atoms with Gasteiger partial charge in [-0.2, -0.15) is 5.10 Å². The lowest BCUT2D eigenvalue weighted by molar-refractivity contribution is 0.102. The second-order valence-electron chi connectivity index (χ2n) is 3.72. The minimum Gasteiger partial charge on any atom is -0.409 e. The molecule has 1 heterocycles. The minimum atomic E-state index is -0.366. The van der Waals surface area contributed by atoms with Gasteiger partial charge in [0, 0.05) is 8.95 Å². The van der Waals surface area contributed by atoms with Crippen LogP contribution in [-0.4, -0.2) is 27.1 Å². The molecule has 0 aliphatic rings. The van der Waals surface area contributed by atoms with Gasteiger partial charge in [-0.15, -0.1) is 0 Å². The van der Waals surface area contributed by atoms with E-state index in [2.05, 4.69) is 52.5 Å². The van der Waals surface area contributed by atoms with Gasteiger partial charge in [-0.3, -0.25) is 9.89 Å². The number of amidine groups is 1. The smallest absolute Gasteiger partial charge is 0.258 e. The summed E-state index contributed by atoms with van der Waals surface area (Å²) in [7, 11) is 0. The zero-order chi connectivity index (χ0) is 14.7. The molecular formula is C11H9Br2N5O2. The van der Waals surface area contributed by atoms with Crippen molar-refractivity contribution in [2.24, 2.45) is 10.9 Å². The second kappa shape index (κ2) is 6.06. The van der Waals surface area contributed by atoms with Crippen molar-refractivity contribution in [3.8, 4) is 0 Å². The molecule has 104 valence electrons. The van der Waals surface area contributed by atoms with Gasteiger partial charge in [0.25, 0.3) is 5.91 Å². The molecule has 0 saturated heterocycles. The standard InChI is InChI=1S/C11H9Br2N5O2/c12-5-1-2-8(13)6(3-5)11(19)16-10-7(4-15-17-10)9(14)18-20/h1-4,20H,(H2,14,18)(H2,15,16,17,19). The number of carbonyl (C=O) groups excluding carboxylic acids is 1. The van der Waals surface area contributed by atoms with E-state index in [9.17, 15) is 4.79 Å². The van der Waals surface area contributed by atoms with Gasteiger partial charge >= 0.3 is 0 Å². The van der Waals surface area contributed by atoms with Crippen LogP contribution in [0, 0.1) is 0 Å². The average molecular weight is 403 g/mol. The van der Waals surface area contributed by atoms with Crippen LogP contribution in [0.25, 0.3) is 0 Å². The fourth-order valence-corrected chi connectivity index (χ4v) is 2.27. The van der Waals surface area contributed by atoms with Crippen molar-refractivity contribution in [2.75, 3.05) is 5.32 Å². The van der Waals surface area contributed by atoms with Crippen LogP contribution in [0.1, 0.15) is 15.9 Å². The first-order chi connectivity index (χ1) is 9.52. The van der Waals surface area contributed by atoms with Crippen LogP contribution in [0.2, 0.25) is 0 Å². The number of hydrogen-bond donors (Lipinski definition) is 4. The van der Waals surface area contributed by atoms with E-state index in [1.54, 1.807) is 18.2 Å². The average Bonchev–Trinajstić information content (AvgIpc) is 2.88. The number of aromatic nitrogens is 2. The van der Waals surface area contributed by atoms with Crippen molar-refractivity contribution < 1.29 is 10.0 Å². The maximum absolute atomic E-state index is 12.2. The van der Waals surface area contributed by atoms with Gasteiger partial charge < -0.3 is 16.3 Å². The number of aromatic amines is 1. The molecule has 2 aromatic rings. The topological polar surface area (TPSA) is 116 Å². The monoisotopic (exact) mass is 401 g/mol. The number of nitrogens with zero attached hydrogens (tertiary/aromatic N) is 2. The maximum Gasteiger partial charge on any atom is 0.258 e. The highest BCUT2D eigenvalue weighted by molar-refractivity contribution is 9.11. The zero-order valence-electron chi connectivity index (χ0n) is 9.89. The van der Waals surface area contributed by atoms with Crippen molar-refractivity contribution in [3.63, 3.8) is 0 Å². The highest BCUT2D eigenvalue weighted by Crippen LogP contribution is 2.23. The third kappa shape index (κ3) is 2.99. The molecule has 0 fully saturated rings. The van der Waals surface area contributed by atoms with E-state index in [4.69, 9.17) is 10.9 Å². The molecule has 1 amide bonds. The van der Waals surface area contributed by atoms with E-state index in [1.807, 2.05) is 0 Å². The first-order valence-electron chi connectivity index (χ1n) is 5.30. The number of amides is 1. The summed E-state index contributed by atoms with van der Waals surface area (Å²) in [6, 6.07) is 5.22. The SMILES string of the molecule is N/C(=N/O)c1cn[nH]c1NC(=O)c1cc(Br)ccc1Br. The van der Waals surface area contributed by atoms with Gasteiger partial charge in [-0.25, -0.2) is 0 Å². The molecule has 7 nitrogen and oxygen atoms in total. The van der Waals surface area contributed by atoms with Crippen molar-refractivity contribution in [1.82, 2.24) is 10.2 Å². The lowest BCUT2D eigenvalue weighted by Crippen LogP contribution is -2.18. The Morgan fingerprint density at radius 2 is 2.15 bits per heavy atom. The van der Waals surface area contributed by atoms with Gasteiger partial charge in [0.1, 0.15) is 5.82 Å². The first kappa shape index (κ1) is 14.5. The normalized spacial score (nSPS) is 11.4. The highest BCUT2D eigenvalue weighted by atomic mass is 79.9. The van der Waals surface area contributed by atoms with Crippen LogP contribution >= 0.6 is 31.9 Å². The molecule has 0 aliphatic carbocycles. The van der Waals surface area contributed by atoms with Crippen LogP contribution in [0.4, 0.5) is 5.82 Å². The number of halogens is 2. The predicted octanol–water partition coefficient (Wildman–Crippen LogP) is 2.28. The molecule has 20 heavy (non-hydrogen) atoms. The molecule has 9 heteroatoms. The van der Waals surface area contributed by atoms with Gasteiger partial charge in [0.15, 0.2) is 5.84 Å². The Morgan fingerprint density at radius 3 is 2.85 bits per heavy atom. The third-order valence-electron chi connectivity index (χ3n) is 2.43. The quantitative estimate of drug-likeness (QED) is 0.272. The zero-order valence-corrected chi connectivity index (χ0v) is 13.1. The fourth-order valence-electron chi connectivity index (χ4n) is 1.48. The summed E-state index contributed by atoms with van der Waals surface area (Å²) in [5, 5.41) is 20.5. The van der Waals surface area contributed by atoms with Gasteiger partial charge in [0.2, 0.25) is 0 Å². The van der Waals surface area contributed by atoms with E-state index >= 15 is 0 Å². The van der Waals surface area contributed by atoms with Crippen molar-refractivity contribution in [1.29, 1.82) is 0 Å². The Morgan fingerprint density at radius 1 is 1.40 bits per heavy atom. The molecular weight excluding hydrogens is 394 g/mol. The van der Waals surface area contributed by atoms with Gasteiger partial charge in [0.05, 0.1) is 17.3 Å². The van der Waals surface area contributed by atoms with E-state index < -0.39 is 0 Å². The summed E-state index contributed by atoms with van der Waals surface area (Å²) in [4.78, 5) is 12.2. The maximum atomic E-state index is 12.2. The van der Waals surface area contributed by atoms with E-state index in [-0.39, 0.29) is 17.6 Å². The number of nitrogens with one attached hydrogen (secondary N) is 2. The molecule has 1 aromatic carbocycles. The summed E-state index contributed by atoms with van der Waals surface area (Å²) in [6.45, 7) is 0. The number of carbonyl (C=O) groups is 1. The summed E-state index contributed by atoms with van der Waals surface area (Å²) in [6.07, 6.45) is 1.35. The van der Waals surface area contributed by atoms with Crippen LogP contribution in [-0.2, 0) is 0 Å². The van der Waals surface area contributed by atoms with Crippen LogP contribution in [0.5, 0.6) is 0 Å². The molecule has 0 radical (unpaired) electrons. The Labute approximate surface area is 130 Å². The second-order valence-corrected chi connectivity index (χ2v) is 5.49. The third-order valence-corrected chi connectivity index (χ3v) is 3.62. The number of rotatable bonds is 3. The Hall–Kier alpha value is -1.87. The molecule has 0 bridgehead atoms. The fraction of sp³-hybridized carbons (Fsp3) is 0. The van der Waals surface area contributed by atoms with Crippen molar-refractivity contribution in [2.45, 2.75) is 0 Å². The largest absolute Gasteiger partial charge is 0.409 e. The molecule has 5 N–H and O–H groups in total. The molecule has 0 aliphatic heterocycles. The number of H-pyrrole nitrogens is 1. The lowest BCUT2D eigenvalue weighted by atomic mass is 10.2. The van der Waals surface area contributed by atoms with E-state index in [1.165, 1.54) is 6.20 Å². The lowest BCUT2D eigenvalue weighted by Gasteiger charge is -2.07. The molecule has 2 rings (SSSR count). The molecule has 0 atom stereocenters. The van der Waals surface area contributed by atoms with Crippen molar-refractivity contribution in [3.05, 3.63) is 44.5 Å². The number of oxime groups is 1. The predicted molar refractivity (Wildman–Crippen MR) is 80.9 cm³/mol. The van der Waals surface area contributed by atoms with E-state index in [0.29, 0.717) is 15.6 Å². The van der Waals surface area contributed by atoms with Gasteiger partial charge in [-0.1, -0.05) is 21.1 Å². The Balaban J connectivity index is 2.29. The Bertz CT molecular complexity index is 683. The number of benzene rings is 1. The Kier molecular flexibility index (Phi) is 4.40. The van der Waals surface area contributed by atoms with Crippen LogP contribution in [0.15, 0.2) is 38.5 Å². The minimum absolute atomic E-state index is 0.151. The summed E-state index contributed by atoms with van der Waals surface area (Å²) < 4.78 is 1.41. The molecule has 0 unspecified atom stereocenters. The first-order valence-corrected chi connectivity index (χ1v) is 6.89. The summed E-state index contributed by atoms with van der Waals surface area (Å²) in [5.41, 5.74) is 6.21.